The number of carbonyl (C=O) groups is 3. The van der Waals surface area contributed by atoms with E-state index in [1.807, 2.05) is 0 Å². The molecule has 0 radical (unpaired) electrons. The molecule has 0 bridgehead atoms. The third-order valence-corrected chi connectivity index (χ3v) is 6.03. The van der Waals surface area contributed by atoms with Crippen LogP contribution >= 0.6 is 0 Å². The van der Waals surface area contributed by atoms with Crippen LogP contribution in [0.25, 0.3) is 0 Å². The van der Waals surface area contributed by atoms with Gasteiger partial charge in [-0.3, -0.25) is 0 Å². The molecule has 1 saturated heterocycles. The lowest BCUT2D eigenvalue weighted by atomic mass is 10.1. The van der Waals surface area contributed by atoms with Crippen molar-refractivity contribution in [3.63, 3.8) is 0 Å². The molecule has 5 rings (SSSR count). The van der Waals surface area contributed by atoms with E-state index in [-0.39, 0.29) is 6.61 Å². The van der Waals surface area contributed by atoms with Gasteiger partial charge in [-0.15, -0.1) is 0 Å². The first kappa shape index (κ1) is 25.0. The van der Waals surface area contributed by atoms with Gasteiger partial charge in [0.25, 0.3) is 0 Å². The highest BCUT2D eigenvalue weighted by atomic mass is 16.7. The molecule has 8 heteroatoms. The molecule has 3 aromatic carbocycles. The van der Waals surface area contributed by atoms with Crippen LogP contribution in [0.2, 0.25) is 0 Å². The Morgan fingerprint density at radius 1 is 0.605 bits per heavy atom. The minimum Gasteiger partial charge on any atom is -0.466 e. The average Bonchev–Trinajstić information content (AvgIpc) is 3.62. The van der Waals surface area contributed by atoms with Crippen molar-refractivity contribution in [3.05, 3.63) is 132 Å². The lowest BCUT2D eigenvalue weighted by Gasteiger charge is -2.24. The molecule has 1 fully saturated rings. The van der Waals surface area contributed by atoms with E-state index in [2.05, 4.69) is 0 Å². The first-order valence-corrected chi connectivity index (χ1v) is 12.0. The van der Waals surface area contributed by atoms with Crippen molar-refractivity contribution in [2.75, 3.05) is 6.61 Å². The van der Waals surface area contributed by atoms with Gasteiger partial charge < -0.3 is 23.4 Å². The Morgan fingerprint density at radius 2 is 1.11 bits per heavy atom. The Bertz CT molecular complexity index is 1350. The number of benzene rings is 3. The zero-order chi connectivity index (χ0) is 26.3. The van der Waals surface area contributed by atoms with E-state index in [0.29, 0.717) is 22.5 Å². The molecule has 4 atom stereocenters. The smallest absolute Gasteiger partial charge is 0.338 e. The van der Waals surface area contributed by atoms with Crippen LogP contribution < -0.4 is 0 Å². The summed E-state index contributed by atoms with van der Waals surface area (Å²) in [7, 11) is 0. The Labute approximate surface area is 218 Å². The van der Waals surface area contributed by atoms with Gasteiger partial charge in [0.15, 0.2) is 18.3 Å². The van der Waals surface area contributed by atoms with Crippen LogP contribution in [0.1, 0.15) is 42.9 Å². The molecule has 8 nitrogen and oxygen atoms in total. The highest BCUT2D eigenvalue weighted by Gasteiger charge is 2.52. The predicted octanol–water partition coefficient (Wildman–Crippen LogP) is 5.03. The molecule has 0 saturated carbocycles. The molecular weight excluding hydrogens is 488 g/mol. The molecule has 192 valence electrons. The van der Waals surface area contributed by atoms with Crippen molar-refractivity contribution < 1.29 is 37.7 Å². The number of hydrogen-bond donors (Lipinski definition) is 0. The van der Waals surface area contributed by atoms with Crippen LogP contribution in [0.5, 0.6) is 0 Å². The molecule has 4 aromatic rings. The van der Waals surface area contributed by atoms with Crippen LogP contribution in [0.4, 0.5) is 0 Å². The largest absolute Gasteiger partial charge is 0.466 e. The lowest BCUT2D eigenvalue weighted by molar-refractivity contribution is -0.0462. The molecule has 1 aromatic heterocycles. The fourth-order valence-corrected chi connectivity index (χ4v) is 4.16. The number of furan rings is 1. The predicted molar refractivity (Wildman–Crippen MR) is 134 cm³/mol. The third kappa shape index (κ3) is 5.66. The van der Waals surface area contributed by atoms with E-state index < -0.39 is 42.3 Å². The molecule has 1 aliphatic rings. The van der Waals surface area contributed by atoms with E-state index in [9.17, 15) is 14.4 Å². The first-order chi connectivity index (χ1) is 18.6. The second-order valence-electron chi connectivity index (χ2n) is 8.55. The Hall–Kier alpha value is -4.69. The summed E-state index contributed by atoms with van der Waals surface area (Å²) < 4.78 is 28.9. The summed E-state index contributed by atoms with van der Waals surface area (Å²) in [5.41, 5.74) is 0.984. The van der Waals surface area contributed by atoms with Gasteiger partial charge in [-0.2, -0.15) is 0 Å². The summed E-state index contributed by atoms with van der Waals surface area (Å²) in [6.45, 7) is -0.253. The molecule has 0 aliphatic carbocycles. The zero-order valence-corrected chi connectivity index (χ0v) is 20.2. The van der Waals surface area contributed by atoms with E-state index >= 15 is 0 Å². The Kier molecular flexibility index (Phi) is 7.61. The Balaban J connectivity index is 1.43. The molecule has 38 heavy (non-hydrogen) atoms. The summed E-state index contributed by atoms with van der Waals surface area (Å²) in [5, 5.41) is 0. The van der Waals surface area contributed by atoms with Gasteiger partial charge in [-0.1, -0.05) is 54.6 Å². The van der Waals surface area contributed by atoms with Crippen molar-refractivity contribution in [2.45, 2.75) is 24.4 Å². The fraction of sp³-hybridized carbons (Fsp3) is 0.167. The highest BCUT2D eigenvalue weighted by molar-refractivity contribution is 5.91. The second kappa shape index (κ2) is 11.6. The lowest BCUT2D eigenvalue weighted by Crippen LogP contribution is -2.40. The zero-order valence-electron chi connectivity index (χ0n) is 20.2. The maximum atomic E-state index is 13.1. The van der Waals surface area contributed by atoms with Crippen molar-refractivity contribution >= 4 is 17.9 Å². The number of esters is 3. The van der Waals surface area contributed by atoms with E-state index in [1.165, 1.54) is 6.26 Å². The molecule has 0 N–H and O–H groups in total. The number of ether oxygens (including phenoxy) is 4. The van der Waals surface area contributed by atoms with Crippen molar-refractivity contribution in [1.82, 2.24) is 0 Å². The first-order valence-electron chi connectivity index (χ1n) is 12.0. The quantitative estimate of drug-likeness (QED) is 0.239. The molecule has 0 spiro atoms. The second-order valence-corrected chi connectivity index (χ2v) is 8.55. The van der Waals surface area contributed by atoms with Crippen LogP contribution in [0.3, 0.4) is 0 Å². The van der Waals surface area contributed by atoms with E-state index in [0.717, 1.165) is 0 Å². The van der Waals surface area contributed by atoms with Gasteiger partial charge >= 0.3 is 17.9 Å². The van der Waals surface area contributed by atoms with Crippen LogP contribution in [-0.2, 0) is 18.9 Å². The molecule has 1 aliphatic heterocycles. The monoisotopic (exact) mass is 512 g/mol. The van der Waals surface area contributed by atoms with Gasteiger partial charge in [0, 0.05) is 0 Å². The molecule has 0 amide bonds. The fourth-order valence-electron chi connectivity index (χ4n) is 4.16. The number of carbonyl (C=O) groups excluding carboxylic acids is 3. The molecular formula is C30H24O8. The van der Waals surface area contributed by atoms with Crippen LogP contribution in [0.15, 0.2) is 114 Å². The minimum absolute atomic E-state index is 0.253. The van der Waals surface area contributed by atoms with Gasteiger partial charge in [-0.05, 0) is 48.5 Å². The Morgan fingerprint density at radius 3 is 1.61 bits per heavy atom. The normalized spacial score (nSPS) is 20.4. The highest BCUT2D eigenvalue weighted by Crippen LogP contribution is 2.38. The summed E-state index contributed by atoms with van der Waals surface area (Å²) in [4.78, 5) is 38.7. The minimum atomic E-state index is -1.10. The third-order valence-electron chi connectivity index (χ3n) is 6.03. The number of rotatable bonds is 8. The van der Waals surface area contributed by atoms with Crippen LogP contribution in [-0.4, -0.2) is 42.8 Å². The van der Waals surface area contributed by atoms with Crippen molar-refractivity contribution in [1.29, 1.82) is 0 Å². The number of hydrogen-bond acceptors (Lipinski definition) is 8. The average molecular weight is 513 g/mol. The van der Waals surface area contributed by atoms with E-state index in [1.54, 1.807) is 103 Å². The topological polar surface area (TPSA) is 101 Å². The van der Waals surface area contributed by atoms with Gasteiger partial charge in [0.1, 0.15) is 18.5 Å². The molecule has 2 heterocycles. The maximum absolute atomic E-state index is 13.1. The van der Waals surface area contributed by atoms with Crippen molar-refractivity contribution in [3.8, 4) is 0 Å². The summed E-state index contributed by atoms with van der Waals surface area (Å²) in [6, 6.07) is 28.7. The van der Waals surface area contributed by atoms with E-state index in [4.69, 9.17) is 23.4 Å². The maximum Gasteiger partial charge on any atom is 0.338 e. The SMILES string of the molecule is O=C(OC[C@H]1O[C@@H](c2ccco2)[C@H](OC(=O)c2ccccc2)[C@@H]1OC(=O)c1ccccc1)c1ccccc1. The standard InChI is InChI=1S/C30H24O8/c31-28(20-11-4-1-5-12-20)35-19-24-26(37-29(32)21-13-6-2-7-14-21)27(25(36-24)23-17-10-18-34-23)38-30(33)22-15-8-3-9-16-22/h1-18,24-27H,19H2/t24-,25+,26-,27+/m1/s1. The van der Waals surface area contributed by atoms with Crippen LogP contribution in [0, 0.1) is 0 Å². The summed E-state index contributed by atoms with van der Waals surface area (Å²) in [6.07, 6.45) is -2.58. The van der Waals surface area contributed by atoms with Crippen molar-refractivity contribution in [2.24, 2.45) is 0 Å². The van der Waals surface area contributed by atoms with Gasteiger partial charge in [0.05, 0.1) is 23.0 Å². The van der Waals surface area contributed by atoms with Gasteiger partial charge in [0.2, 0.25) is 0 Å². The summed E-state index contributed by atoms with van der Waals surface area (Å²) in [5.74, 6) is -1.46. The van der Waals surface area contributed by atoms with Gasteiger partial charge in [-0.25, -0.2) is 14.4 Å². The molecule has 0 unspecified atom stereocenters. The summed E-state index contributed by atoms with van der Waals surface area (Å²) >= 11 is 0.